The average Bonchev–Trinajstić information content (AvgIpc) is 2.28. The molecule has 0 radical (unpaired) electrons. The molecule has 0 aliphatic heterocycles. The summed E-state index contributed by atoms with van der Waals surface area (Å²) < 4.78 is 4.61. The summed E-state index contributed by atoms with van der Waals surface area (Å²) in [5, 5.41) is 10.4. The first-order valence-corrected chi connectivity index (χ1v) is 8.01. The molecule has 0 amide bonds. The molecule has 0 aliphatic carbocycles. The first-order valence-electron chi connectivity index (χ1n) is 4.81. The Labute approximate surface area is 90.7 Å². The third-order valence-corrected chi connectivity index (χ3v) is 5.17. The Morgan fingerprint density at radius 2 is 1.87 bits per heavy atom. The molecule has 3 nitrogen and oxygen atoms in total. The topological polar surface area (TPSA) is 46.5 Å². The predicted octanol–water partition coefficient (Wildman–Crippen LogP) is 0.920. The largest absolute Gasteiger partial charge is 0.465 e. The standard InChI is InChI=1S/C11H16O3Si/c1-14-11(13)9-4-6-10(7-5-9)15(2,3)8-12/h4-7,12H,8H2,1-3H3. The van der Waals surface area contributed by atoms with E-state index in [2.05, 4.69) is 17.8 Å². The minimum atomic E-state index is -1.72. The van der Waals surface area contributed by atoms with Gasteiger partial charge in [0.2, 0.25) is 0 Å². The van der Waals surface area contributed by atoms with E-state index in [-0.39, 0.29) is 12.2 Å². The van der Waals surface area contributed by atoms with Crippen molar-refractivity contribution in [1.29, 1.82) is 0 Å². The van der Waals surface area contributed by atoms with Gasteiger partial charge in [-0.25, -0.2) is 4.79 Å². The molecule has 1 aromatic carbocycles. The van der Waals surface area contributed by atoms with E-state index in [9.17, 15) is 9.90 Å². The summed E-state index contributed by atoms with van der Waals surface area (Å²) in [4.78, 5) is 11.2. The van der Waals surface area contributed by atoms with Gasteiger partial charge < -0.3 is 9.84 Å². The lowest BCUT2D eigenvalue weighted by atomic mass is 10.2. The van der Waals surface area contributed by atoms with Gasteiger partial charge in [-0.3, -0.25) is 0 Å². The number of esters is 1. The number of benzene rings is 1. The Morgan fingerprint density at radius 3 is 2.27 bits per heavy atom. The van der Waals surface area contributed by atoms with Crippen molar-refractivity contribution >= 4 is 19.2 Å². The van der Waals surface area contributed by atoms with Crippen LogP contribution in [0.25, 0.3) is 0 Å². The van der Waals surface area contributed by atoms with Gasteiger partial charge >= 0.3 is 5.97 Å². The van der Waals surface area contributed by atoms with Crippen LogP contribution in [0.1, 0.15) is 10.4 Å². The van der Waals surface area contributed by atoms with Crippen LogP contribution in [-0.2, 0) is 4.74 Å². The van der Waals surface area contributed by atoms with Crippen molar-refractivity contribution in [3.05, 3.63) is 29.8 Å². The van der Waals surface area contributed by atoms with Crippen molar-refractivity contribution in [2.24, 2.45) is 0 Å². The van der Waals surface area contributed by atoms with Crippen LogP contribution in [0.4, 0.5) is 0 Å². The maximum atomic E-state index is 11.2. The van der Waals surface area contributed by atoms with E-state index in [0.717, 1.165) is 5.19 Å². The maximum absolute atomic E-state index is 11.2. The second kappa shape index (κ2) is 4.59. The quantitative estimate of drug-likeness (QED) is 0.613. The summed E-state index contributed by atoms with van der Waals surface area (Å²) in [5.41, 5.74) is 0.545. The second-order valence-electron chi connectivity index (χ2n) is 4.11. The molecular weight excluding hydrogens is 208 g/mol. The lowest BCUT2D eigenvalue weighted by molar-refractivity contribution is 0.0601. The number of hydrogen-bond acceptors (Lipinski definition) is 3. The summed E-state index contributed by atoms with van der Waals surface area (Å²) in [5.74, 6) is -0.329. The molecule has 0 heterocycles. The normalized spacial score (nSPS) is 11.2. The third-order valence-electron chi connectivity index (χ3n) is 2.48. The van der Waals surface area contributed by atoms with Crippen molar-refractivity contribution in [3.8, 4) is 0 Å². The summed E-state index contributed by atoms with van der Waals surface area (Å²) in [6.45, 7) is 4.17. The maximum Gasteiger partial charge on any atom is 0.337 e. The molecule has 0 bridgehead atoms. The van der Waals surface area contributed by atoms with E-state index >= 15 is 0 Å². The van der Waals surface area contributed by atoms with Gasteiger partial charge in [-0.2, -0.15) is 0 Å². The highest BCUT2D eigenvalue weighted by Crippen LogP contribution is 2.05. The highest BCUT2D eigenvalue weighted by molar-refractivity contribution is 6.89. The number of ether oxygens (including phenoxy) is 1. The number of carbonyl (C=O) groups excluding carboxylic acids is 1. The molecule has 0 saturated carbocycles. The second-order valence-corrected chi connectivity index (χ2v) is 8.77. The van der Waals surface area contributed by atoms with Crippen LogP contribution in [0.2, 0.25) is 13.1 Å². The number of aliphatic hydroxyl groups excluding tert-OH is 1. The van der Waals surface area contributed by atoms with Crippen molar-refractivity contribution in [1.82, 2.24) is 0 Å². The lowest BCUT2D eigenvalue weighted by Gasteiger charge is -2.19. The Morgan fingerprint density at radius 1 is 1.33 bits per heavy atom. The monoisotopic (exact) mass is 224 g/mol. The molecule has 0 aliphatic rings. The number of aliphatic hydroxyl groups is 1. The molecule has 0 fully saturated rings. The van der Waals surface area contributed by atoms with Crippen LogP contribution in [-0.4, -0.2) is 32.5 Å². The highest BCUT2D eigenvalue weighted by atomic mass is 28.3. The summed E-state index contributed by atoms with van der Waals surface area (Å²) in [7, 11) is -0.354. The van der Waals surface area contributed by atoms with Crippen LogP contribution in [0.5, 0.6) is 0 Å². The SMILES string of the molecule is COC(=O)c1ccc([Si](C)(C)CO)cc1. The summed E-state index contributed by atoms with van der Waals surface area (Å²) in [6, 6.07) is 7.28. The molecule has 0 saturated heterocycles. The van der Waals surface area contributed by atoms with E-state index in [1.807, 2.05) is 12.1 Å². The molecule has 82 valence electrons. The third kappa shape index (κ3) is 2.67. The van der Waals surface area contributed by atoms with Crippen LogP contribution in [0.15, 0.2) is 24.3 Å². The van der Waals surface area contributed by atoms with E-state index < -0.39 is 8.07 Å². The molecule has 1 aromatic rings. The Balaban J connectivity index is 2.95. The van der Waals surface area contributed by atoms with Gasteiger partial charge in [-0.05, 0) is 12.1 Å². The fraction of sp³-hybridized carbons (Fsp3) is 0.364. The van der Waals surface area contributed by atoms with E-state index in [0.29, 0.717) is 5.56 Å². The zero-order chi connectivity index (χ0) is 11.5. The number of carbonyl (C=O) groups is 1. The smallest absolute Gasteiger partial charge is 0.337 e. The molecule has 1 N–H and O–H groups in total. The average molecular weight is 224 g/mol. The predicted molar refractivity (Wildman–Crippen MR) is 62.0 cm³/mol. The Bertz CT molecular complexity index is 343. The molecule has 0 spiro atoms. The number of rotatable bonds is 3. The zero-order valence-electron chi connectivity index (χ0n) is 9.28. The van der Waals surface area contributed by atoms with Gasteiger partial charge in [0, 0.05) is 6.23 Å². The van der Waals surface area contributed by atoms with Crippen LogP contribution < -0.4 is 5.19 Å². The molecule has 0 atom stereocenters. The van der Waals surface area contributed by atoms with Gasteiger partial charge in [0.05, 0.1) is 12.7 Å². The Kier molecular flexibility index (Phi) is 3.65. The highest BCUT2D eigenvalue weighted by Gasteiger charge is 2.22. The molecule has 0 aromatic heterocycles. The van der Waals surface area contributed by atoms with Crippen LogP contribution >= 0.6 is 0 Å². The van der Waals surface area contributed by atoms with Crippen LogP contribution in [0, 0.1) is 0 Å². The van der Waals surface area contributed by atoms with Crippen molar-refractivity contribution in [3.63, 3.8) is 0 Å². The molecule has 0 unspecified atom stereocenters. The number of methoxy groups -OCH3 is 1. The fourth-order valence-corrected chi connectivity index (χ4v) is 2.52. The summed E-state index contributed by atoms with van der Waals surface area (Å²) >= 11 is 0. The van der Waals surface area contributed by atoms with E-state index in [4.69, 9.17) is 0 Å². The van der Waals surface area contributed by atoms with Gasteiger partial charge in [-0.15, -0.1) is 0 Å². The fourth-order valence-electron chi connectivity index (χ4n) is 1.27. The molecular formula is C11H16O3Si. The summed E-state index contributed by atoms with van der Waals surface area (Å²) in [6.07, 6.45) is 0.213. The zero-order valence-corrected chi connectivity index (χ0v) is 10.3. The Hall–Kier alpha value is -1.13. The first-order chi connectivity index (χ1) is 7.01. The molecule has 15 heavy (non-hydrogen) atoms. The molecule has 1 rings (SSSR count). The van der Waals surface area contributed by atoms with Gasteiger partial charge in [-0.1, -0.05) is 30.4 Å². The van der Waals surface area contributed by atoms with Crippen molar-refractivity contribution in [2.45, 2.75) is 13.1 Å². The minimum absolute atomic E-state index is 0.213. The van der Waals surface area contributed by atoms with Crippen molar-refractivity contribution in [2.75, 3.05) is 13.3 Å². The first kappa shape index (κ1) is 11.9. The minimum Gasteiger partial charge on any atom is -0.465 e. The lowest BCUT2D eigenvalue weighted by Crippen LogP contribution is -2.45. The van der Waals surface area contributed by atoms with E-state index in [1.165, 1.54) is 7.11 Å². The molecule has 4 heteroatoms. The van der Waals surface area contributed by atoms with Gasteiger partial charge in [0.25, 0.3) is 0 Å². The van der Waals surface area contributed by atoms with E-state index in [1.54, 1.807) is 12.1 Å². The van der Waals surface area contributed by atoms with Crippen LogP contribution in [0.3, 0.4) is 0 Å². The van der Waals surface area contributed by atoms with Crippen molar-refractivity contribution < 1.29 is 14.6 Å². The van der Waals surface area contributed by atoms with Gasteiger partial charge in [0.15, 0.2) is 0 Å². The van der Waals surface area contributed by atoms with Gasteiger partial charge in [0.1, 0.15) is 8.07 Å². The number of hydrogen-bond donors (Lipinski definition) is 1.